The average molecular weight is 350 g/mol. The van der Waals surface area contributed by atoms with Gasteiger partial charge in [-0.05, 0) is 44.4 Å². The second-order valence-corrected chi connectivity index (χ2v) is 9.05. The first-order valence-corrected chi connectivity index (χ1v) is 10.3. The van der Waals surface area contributed by atoms with Crippen LogP contribution in [-0.4, -0.2) is 62.5 Å². The molecule has 0 aromatic rings. The van der Waals surface area contributed by atoms with Crippen LogP contribution in [0.4, 0.5) is 0 Å². The van der Waals surface area contributed by atoms with E-state index < -0.39 is 0 Å². The average Bonchev–Trinajstić information content (AvgIpc) is 3.46. The van der Waals surface area contributed by atoms with E-state index in [1.54, 1.807) is 0 Å². The van der Waals surface area contributed by atoms with Crippen LogP contribution in [0.5, 0.6) is 0 Å². The molecule has 2 heterocycles. The first kappa shape index (κ1) is 17.6. The predicted molar refractivity (Wildman–Crippen MR) is 99.8 cm³/mol. The van der Waals surface area contributed by atoms with Crippen LogP contribution in [0.25, 0.3) is 0 Å². The van der Waals surface area contributed by atoms with Gasteiger partial charge in [0.05, 0.1) is 12.2 Å². The molecule has 4 fully saturated rings. The van der Waals surface area contributed by atoms with E-state index in [0.717, 1.165) is 51.0 Å². The zero-order valence-electron chi connectivity index (χ0n) is 16.2. The SMILES string of the molecule is CN=C(NC1C2CCCOC2C1(C)C)N1CCC(OCC2CC2)CC1. The fourth-order valence-corrected chi connectivity index (χ4v) is 5.04. The number of hydrogen-bond donors (Lipinski definition) is 1. The first-order valence-electron chi connectivity index (χ1n) is 10.3. The van der Waals surface area contributed by atoms with E-state index in [1.807, 2.05) is 7.05 Å². The van der Waals surface area contributed by atoms with E-state index in [0.29, 0.717) is 24.2 Å². The quantitative estimate of drug-likeness (QED) is 0.626. The summed E-state index contributed by atoms with van der Waals surface area (Å²) in [4.78, 5) is 7.02. The number of rotatable bonds is 4. The van der Waals surface area contributed by atoms with Gasteiger partial charge in [-0.25, -0.2) is 0 Å². The zero-order valence-corrected chi connectivity index (χ0v) is 16.2. The molecule has 142 valence electrons. The third-order valence-corrected chi connectivity index (χ3v) is 6.83. The van der Waals surface area contributed by atoms with Crippen molar-refractivity contribution in [3.63, 3.8) is 0 Å². The van der Waals surface area contributed by atoms with Gasteiger partial charge in [0.25, 0.3) is 0 Å². The zero-order chi connectivity index (χ0) is 17.4. The minimum atomic E-state index is 0.187. The van der Waals surface area contributed by atoms with Crippen LogP contribution in [0, 0.1) is 17.3 Å². The molecular weight excluding hydrogens is 314 g/mol. The van der Waals surface area contributed by atoms with Crippen molar-refractivity contribution in [2.75, 3.05) is 33.4 Å². The van der Waals surface area contributed by atoms with E-state index in [1.165, 1.54) is 25.7 Å². The fraction of sp³-hybridized carbons (Fsp3) is 0.950. The molecule has 2 aliphatic heterocycles. The summed E-state index contributed by atoms with van der Waals surface area (Å²) in [6.45, 7) is 8.68. The first-order chi connectivity index (χ1) is 12.1. The Morgan fingerprint density at radius 2 is 1.96 bits per heavy atom. The molecule has 25 heavy (non-hydrogen) atoms. The van der Waals surface area contributed by atoms with E-state index >= 15 is 0 Å². The van der Waals surface area contributed by atoms with Crippen molar-refractivity contribution in [1.82, 2.24) is 10.2 Å². The topological polar surface area (TPSA) is 46.1 Å². The van der Waals surface area contributed by atoms with Gasteiger partial charge in [0.1, 0.15) is 0 Å². The Balaban J connectivity index is 1.29. The molecule has 2 aliphatic carbocycles. The smallest absolute Gasteiger partial charge is 0.193 e. The van der Waals surface area contributed by atoms with Crippen molar-refractivity contribution in [1.29, 1.82) is 0 Å². The molecule has 5 nitrogen and oxygen atoms in total. The van der Waals surface area contributed by atoms with Gasteiger partial charge < -0.3 is 19.7 Å². The lowest BCUT2D eigenvalue weighted by atomic mass is 9.55. The number of nitrogens with one attached hydrogen (secondary N) is 1. The van der Waals surface area contributed by atoms with Crippen molar-refractivity contribution >= 4 is 5.96 Å². The summed E-state index contributed by atoms with van der Waals surface area (Å²) in [6, 6.07) is 0.473. The summed E-state index contributed by atoms with van der Waals surface area (Å²) in [5, 5.41) is 3.79. The van der Waals surface area contributed by atoms with Gasteiger partial charge in [-0.1, -0.05) is 13.8 Å². The highest BCUT2D eigenvalue weighted by atomic mass is 16.5. The van der Waals surface area contributed by atoms with Crippen LogP contribution < -0.4 is 5.32 Å². The molecular formula is C20H35N3O2. The molecule has 4 rings (SSSR count). The third kappa shape index (κ3) is 3.55. The summed E-state index contributed by atoms with van der Waals surface area (Å²) < 4.78 is 12.1. The molecule has 2 saturated carbocycles. The van der Waals surface area contributed by atoms with Gasteiger partial charge in [-0.2, -0.15) is 0 Å². The molecule has 1 N–H and O–H groups in total. The molecule has 0 bridgehead atoms. The molecule has 0 spiro atoms. The van der Waals surface area contributed by atoms with E-state index in [2.05, 4.69) is 29.1 Å². The standard InChI is InChI=1S/C20H35N3O2/c1-20(2)17(16-5-4-12-24-18(16)20)22-19(21-3)23-10-8-15(9-11-23)25-13-14-6-7-14/h14-18H,4-13H2,1-3H3,(H,21,22). The van der Waals surface area contributed by atoms with Gasteiger partial charge >= 0.3 is 0 Å². The Bertz CT molecular complexity index is 495. The fourth-order valence-electron chi connectivity index (χ4n) is 5.04. The summed E-state index contributed by atoms with van der Waals surface area (Å²) >= 11 is 0. The number of nitrogens with zero attached hydrogens (tertiary/aromatic N) is 2. The number of piperidine rings is 1. The Hall–Kier alpha value is -0.810. The maximum Gasteiger partial charge on any atom is 0.193 e. The predicted octanol–water partition coefficient (Wildman–Crippen LogP) is 2.66. The molecule has 0 amide bonds. The summed E-state index contributed by atoms with van der Waals surface area (Å²) in [7, 11) is 1.92. The van der Waals surface area contributed by atoms with Crippen LogP contribution in [0.3, 0.4) is 0 Å². The molecule has 4 aliphatic rings. The van der Waals surface area contributed by atoms with Crippen LogP contribution in [0.2, 0.25) is 0 Å². The highest BCUT2D eigenvalue weighted by Crippen LogP contribution is 2.51. The lowest BCUT2D eigenvalue weighted by Crippen LogP contribution is -2.71. The Morgan fingerprint density at radius 3 is 2.64 bits per heavy atom. The minimum absolute atomic E-state index is 0.187. The highest BCUT2D eigenvalue weighted by Gasteiger charge is 2.58. The second kappa shape index (κ2) is 7.07. The minimum Gasteiger partial charge on any atom is -0.378 e. The van der Waals surface area contributed by atoms with E-state index in [-0.39, 0.29) is 5.41 Å². The van der Waals surface area contributed by atoms with Gasteiger partial charge in [-0.3, -0.25) is 4.99 Å². The molecule has 3 atom stereocenters. The third-order valence-electron chi connectivity index (χ3n) is 6.83. The van der Waals surface area contributed by atoms with Crippen molar-refractivity contribution in [3.8, 4) is 0 Å². The van der Waals surface area contributed by atoms with Crippen molar-refractivity contribution in [2.45, 2.75) is 70.6 Å². The van der Waals surface area contributed by atoms with Crippen molar-refractivity contribution in [2.24, 2.45) is 22.2 Å². The number of guanidine groups is 1. The van der Waals surface area contributed by atoms with E-state index in [9.17, 15) is 0 Å². The van der Waals surface area contributed by atoms with Gasteiger partial charge in [0, 0.05) is 50.7 Å². The van der Waals surface area contributed by atoms with Crippen LogP contribution in [0.15, 0.2) is 4.99 Å². The number of aliphatic imine (C=N–C) groups is 1. The largest absolute Gasteiger partial charge is 0.378 e. The second-order valence-electron chi connectivity index (χ2n) is 9.05. The normalized spacial score (nSPS) is 35.9. The molecule has 0 aromatic heterocycles. The Labute approximate surface area is 152 Å². The number of likely N-dealkylation sites (tertiary alicyclic amines) is 1. The maximum atomic E-state index is 6.08. The number of hydrogen-bond acceptors (Lipinski definition) is 3. The monoisotopic (exact) mass is 349 g/mol. The Kier molecular flexibility index (Phi) is 4.98. The maximum absolute atomic E-state index is 6.08. The molecule has 2 saturated heterocycles. The summed E-state index contributed by atoms with van der Waals surface area (Å²) in [6.07, 6.45) is 8.33. The summed E-state index contributed by atoms with van der Waals surface area (Å²) in [5.41, 5.74) is 0.187. The number of fused-ring (bicyclic) bond motifs is 1. The van der Waals surface area contributed by atoms with Crippen molar-refractivity contribution < 1.29 is 9.47 Å². The van der Waals surface area contributed by atoms with Crippen molar-refractivity contribution in [3.05, 3.63) is 0 Å². The van der Waals surface area contributed by atoms with Crippen LogP contribution >= 0.6 is 0 Å². The van der Waals surface area contributed by atoms with E-state index in [4.69, 9.17) is 9.47 Å². The molecule has 3 unspecified atom stereocenters. The lowest BCUT2D eigenvalue weighted by molar-refractivity contribution is -0.188. The summed E-state index contributed by atoms with van der Waals surface area (Å²) in [5.74, 6) is 2.57. The van der Waals surface area contributed by atoms with Crippen LogP contribution in [-0.2, 0) is 9.47 Å². The Morgan fingerprint density at radius 1 is 1.20 bits per heavy atom. The van der Waals surface area contributed by atoms with Gasteiger partial charge in [0.2, 0.25) is 0 Å². The van der Waals surface area contributed by atoms with Gasteiger partial charge in [0.15, 0.2) is 5.96 Å². The van der Waals surface area contributed by atoms with Gasteiger partial charge in [-0.15, -0.1) is 0 Å². The molecule has 5 heteroatoms. The van der Waals surface area contributed by atoms with Crippen LogP contribution in [0.1, 0.15) is 52.4 Å². The lowest BCUT2D eigenvalue weighted by Gasteiger charge is -2.60. The molecule has 0 aromatic carbocycles. The number of ether oxygens (including phenoxy) is 2. The molecule has 0 radical (unpaired) electrons. The highest BCUT2D eigenvalue weighted by molar-refractivity contribution is 5.80.